The summed E-state index contributed by atoms with van der Waals surface area (Å²) in [7, 11) is 0. The number of carbonyl (C=O) groups excluding carboxylic acids is 3. The monoisotopic (exact) mass is 847 g/mol. The molecule has 3 unspecified atom stereocenters. The zero-order valence-electron chi connectivity index (χ0n) is 39.9. The van der Waals surface area contributed by atoms with Gasteiger partial charge in [0.25, 0.3) is 0 Å². The summed E-state index contributed by atoms with van der Waals surface area (Å²) in [6, 6.07) is 0. The van der Waals surface area contributed by atoms with Crippen LogP contribution in [0.15, 0.2) is 12.2 Å². The van der Waals surface area contributed by atoms with E-state index in [-0.39, 0.29) is 31.1 Å². The van der Waals surface area contributed by atoms with Crippen molar-refractivity contribution >= 4 is 17.9 Å². The number of unbranched alkanes of at least 4 members (excludes halogenated alkanes) is 30. The second-order valence-electron chi connectivity index (χ2n) is 18.2. The predicted molar refractivity (Wildman–Crippen MR) is 251 cm³/mol. The maximum atomic E-state index is 12.8. The Morgan fingerprint density at radius 3 is 1.07 bits per heavy atom. The van der Waals surface area contributed by atoms with Gasteiger partial charge in [-0.25, -0.2) is 0 Å². The number of ether oxygens (including phenoxy) is 4. The van der Waals surface area contributed by atoms with Crippen molar-refractivity contribution in [2.24, 2.45) is 0 Å². The molecule has 0 saturated carbocycles. The first-order valence-corrected chi connectivity index (χ1v) is 26.3. The standard InChI is InChI=1S/C53H98O7/c1-4-7-10-13-16-18-20-21-22-23-25-27-29-34-40-45-53(56)59-48(46-57-51(54)43-38-33-28-26-24-19-17-14-11-8-5-2)47-58-52(55)44-39-35-30-32-37-42-50-49(60-50)41-36-31-15-12-9-6-3/h21-22,48-50H,4-20,23-47H2,1-3H3/b22-21-. The van der Waals surface area contributed by atoms with Crippen LogP contribution in [-0.4, -0.2) is 49.4 Å². The van der Waals surface area contributed by atoms with E-state index in [2.05, 4.69) is 32.9 Å². The van der Waals surface area contributed by atoms with Crippen molar-refractivity contribution in [2.45, 2.75) is 296 Å². The quantitative estimate of drug-likeness (QED) is 0.0198. The fraction of sp³-hybridized carbons (Fsp3) is 0.906. The van der Waals surface area contributed by atoms with E-state index in [1.165, 1.54) is 161 Å². The van der Waals surface area contributed by atoms with Crippen LogP contribution in [-0.2, 0) is 33.3 Å². The van der Waals surface area contributed by atoms with Gasteiger partial charge < -0.3 is 18.9 Å². The lowest BCUT2D eigenvalue weighted by molar-refractivity contribution is -0.167. The minimum atomic E-state index is -0.777. The molecule has 0 amide bonds. The van der Waals surface area contributed by atoms with Gasteiger partial charge in [-0.3, -0.25) is 14.4 Å². The number of epoxide rings is 1. The average molecular weight is 847 g/mol. The number of allylic oxidation sites excluding steroid dienone is 2. The molecule has 3 atom stereocenters. The van der Waals surface area contributed by atoms with E-state index in [1.807, 2.05) is 0 Å². The third kappa shape index (κ3) is 39.0. The summed E-state index contributed by atoms with van der Waals surface area (Å²) in [4.78, 5) is 38.0. The van der Waals surface area contributed by atoms with Gasteiger partial charge in [0, 0.05) is 19.3 Å². The molecule has 1 rings (SSSR count). The van der Waals surface area contributed by atoms with Crippen LogP contribution >= 0.6 is 0 Å². The molecule has 352 valence electrons. The van der Waals surface area contributed by atoms with E-state index in [9.17, 15) is 14.4 Å². The van der Waals surface area contributed by atoms with Crippen molar-refractivity contribution in [3.05, 3.63) is 12.2 Å². The first kappa shape index (κ1) is 56.1. The summed E-state index contributed by atoms with van der Waals surface area (Å²) < 4.78 is 22.7. The largest absolute Gasteiger partial charge is 0.462 e. The molecule has 7 heteroatoms. The first-order valence-electron chi connectivity index (χ1n) is 26.3. The van der Waals surface area contributed by atoms with Crippen LogP contribution in [0.25, 0.3) is 0 Å². The normalized spacial score (nSPS) is 15.4. The number of hydrogen-bond donors (Lipinski definition) is 0. The summed E-state index contributed by atoms with van der Waals surface area (Å²) >= 11 is 0. The van der Waals surface area contributed by atoms with Crippen molar-refractivity contribution in [1.82, 2.24) is 0 Å². The Kier molecular flexibility index (Phi) is 40.9. The minimum absolute atomic E-state index is 0.0766. The maximum absolute atomic E-state index is 12.8. The fourth-order valence-electron chi connectivity index (χ4n) is 8.11. The van der Waals surface area contributed by atoms with E-state index in [0.29, 0.717) is 31.5 Å². The number of hydrogen-bond acceptors (Lipinski definition) is 7. The van der Waals surface area contributed by atoms with Crippen LogP contribution in [0.3, 0.4) is 0 Å². The van der Waals surface area contributed by atoms with Gasteiger partial charge in [0.05, 0.1) is 12.2 Å². The molecule has 1 aliphatic heterocycles. The summed E-state index contributed by atoms with van der Waals surface area (Å²) in [5, 5.41) is 0. The van der Waals surface area contributed by atoms with Crippen molar-refractivity contribution in [1.29, 1.82) is 0 Å². The number of carbonyl (C=O) groups is 3. The Balaban J connectivity index is 2.26. The summed E-state index contributed by atoms with van der Waals surface area (Å²) in [5.41, 5.74) is 0. The molecule has 0 radical (unpaired) electrons. The van der Waals surface area contributed by atoms with E-state index in [1.54, 1.807) is 0 Å². The molecule has 0 aromatic rings. The van der Waals surface area contributed by atoms with Crippen molar-refractivity contribution in [3.63, 3.8) is 0 Å². The summed E-state index contributed by atoms with van der Waals surface area (Å²) in [6.07, 6.45) is 50.6. The van der Waals surface area contributed by atoms with E-state index >= 15 is 0 Å². The predicted octanol–water partition coefficient (Wildman–Crippen LogP) is 16.0. The van der Waals surface area contributed by atoms with Crippen LogP contribution in [0.2, 0.25) is 0 Å². The average Bonchev–Trinajstić information content (AvgIpc) is 4.00. The zero-order valence-corrected chi connectivity index (χ0v) is 39.9. The number of esters is 3. The second kappa shape index (κ2) is 43.7. The van der Waals surface area contributed by atoms with Gasteiger partial charge in [0.2, 0.25) is 0 Å². The van der Waals surface area contributed by atoms with Gasteiger partial charge in [-0.1, -0.05) is 213 Å². The SMILES string of the molecule is CCCCCCCC/C=C\CCCCCCCC(=O)OC(COC(=O)CCCCCCCCCCCCC)COC(=O)CCCCCCCC1OC1CCCCCCCC. The molecule has 0 N–H and O–H groups in total. The van der Waals surface area contributed by atoms with Gasteiger partial charge in [0.15, 0.2) is 6.10 Å². The first-order chi connectivity index (χ1) is 29.5. The number of rotatable bonds is 47. The molecule has 0 aliphatic carbocycles. The highest BCUT2D eigenvalue weighted by atomic mass is 16.6. The van der Waals surface area contributed by atoms with Crippen molar-refractivity contribution < 1.29 is 33.3 Å². The molecular formula is C53H98O7. The summed E-state index contributed by atoms with van der Waals surface area (Å²) in [6.45, 7) is 6.62. The Labute approximate surface area is 371 Å². The molecule has 1 heterocycles. The van der Waals surface area contributed by atoms with Crippen LogP contribution in [0, 0.1) is 0 Å². The van der Waals surface area contributed by atoms with E-state index in [0.717, 1.165) is 77.0 Å². The Hall–Kier alpha value is -1.89. The topological polar surface area (TPSA) is 91.4 Å². The Morgan fingerprint density at radius 1 is 0.400 bits per heavy atom. The molecule has 0 aromatic carbocycles. The lowest BCUT2D eigenvalue weighted by Crippen LogP contribution is -2.30. The van der Waals surface area contributed by atoms with Gasteiger partial charge in [-0.2, -0.15) is 0 Å². The molecule has 1 fully saturated rings. The molecular weight excluding hydrogens is 749 g/mol. The lowest BCUT2D eigenvalue weighted by atomic mass is 10.0. The zero-order chi connectivity index (χ0) is 43.4. The highest BCUT2D eigenvalue weighted by molar-refractivity contribution is 5.71. The van der Waals surface area contributed by atoms with Gasteiger partial charge in [0.1, 0.15) is 13.2 Å². The van der Waals surface area contributed by atoms with Crippen LogP contribution in [0.4, 0.5) is 0 Å². The molecule has 0 bridgehead atoms. The van der Waals surface area contributed by atoms with Crippen molar-refractivity contribution in [3.8, 4) is 0 Å². The third-order valence-corrected chi connectivity index (χ3v) is 12.2. The highest BCUT2D eigenvalue weighted by Gasteiger charge is 2.36. The Bertz CT molecular complexity index is 996. The van der Waals surface area contributed by atoms with Gasteiger partial charge in [-0.15, -0.1) is 0 Å². The molecule has 0 spiro atoms. The fourth-order valence-corrected chi connectivity index (χ4v) is 8.11. The summed E-state index contributed by atoms with van der Waals surface area (Å²) in [5.74, 6) is -0.887. The lowest BCUT2D eigenvalue weighted by Gasteiger charge is -2.18. The molecule has 1 saturated heterocycles. The molecule has 60 heavy (non-hydrogen) atoms. The molecule has 7 nitrogen and oxygen atoms in total. The van der Waals surface area contributed by atoms with E-state index < -0.39 is 6.10 Å². The third-order valence-electron chi connectivity index (χ3n) is 12.2. The second-order valence-corrected chi connectivity index (χ2v) is 18.2. The van der Waals surface area contributed by atoms with Crippen molar-refractivity contribution in [2.75, 3.05) is 13.2 Å². The molecule has 0 aromatic heterocycles. The maximum Gasteiger partial charge on any atom is 0.306 e. The smallest absolute Gasteiger partial charge is 0.306 e. The Morgan fingerprint density at radius 2 is 0.700 bits per heavy atom. The highest BCUT2D eigenvalue weighted by Crippen LogP contribution is 2.32. The van der Waals surface area contributed by atoms with Crippen LogP contribution in [0.1, 0.15) is 278 Å². The van der Waals surface area contributed by atoms with Gasteiger partial charge >= 0.3 is 17.9 Å². The van der Waals surface area contributed by atoms with Crippen LogP contribution in [0.5, 0.6) is 0 Å². The minimum Gasteiger partial charge on any atom is -0.462 e. The molecule has 1 aliphatic rings. The van der Waals surface area contributed by atoms with Crippen LogP contribution < -0.4 is 0 Å². The van der Waals surface area contributed by atoms with E-state index in [4.69, 9.17) is 18.9 Å². The van der Waals surface area contributed by atoms with Gasteiger partial charge in [-0.05, 0) is 57.8 Å².